The van der Waals surface area contributed by atoms with Gasteiger partial charge in [-0.3, -0.25) is 4.79 Å². The number of amides is 1. The summed E-state index contributed by atoms with van der Waals surface area (Å²) in [7, 11) is 0. The molecular formula is C30H31N6O+. The van der Waals surface area contributed by atoms with E-state index in [1.165, 1.54) is 10.5 Å². The first kappa shape index (κ1) is 24.4. The van der Waals surface area contributed by atoms with Crippen LogP contribution in [-0.4, -0.2) is 42.1 Å². The molecule has 2 heterocycles. The molecule has 186 valence electrons. The average Bonchev–Trinajstić information content (AvgIpc) is 2.92. The van der Waals surface area contributed by atoms with Crippen molar-refractivity contribution in [1.29, 1.82) is 5.26 Å². The summed E-state index contributed by atoms with van der Waals surface area (Å²) in [5.41, 5.74) is 6.06. The maximum absolute atomic E-state index is 13.3. The van der Waals surface area contributed by atoms with Gasteiger partial charge in [-0.2, -0.15) is 5.26 Å². The third kappa shape index (κ3) is 5.45. The molecular weight excluding hydrogens is 460 g/mol. The van der Waals surface area contributed by atoms with Crippen molar-refractivity contribution >= 4 is 28.4 Å². The lowest BCUT2D eigenvalue weighted by molar-refractivity contribution is -0.914. The normalized spacial score (nSPS) is 14.8. The highest BCUT2D eigenvalue weighted by molar-refractivity contribution is 5.98. The van der Waals surface area contributed by atoms with Crippen LogP contribution in [0.3, 0.4) is 0 Å². The number of nitrogens with one attached hydrogen (secondary N) is 2. The SMILES string of the molecule is Cc1ccc(NC(=O)[C@H](C#N)c2nc3ccccc3nc2N2CC[NH+](Cc3ccccc3)CC2)cc1C. The van der Waals surface area contributed by atoms with Gasteiger partial charge in [0.15, 0.2) is 11.7 Å². The predicted octanol–water partition coefficient (Wildman–Crippen LogP) is 3.40. The molecule has 0 aliphatic carbocycles. The monoisotopic (exact) mass is 491 g/mol. The minimum atomic E-state index is -1.08. The van der Waals surface area contributed by atoms with Crippen molar-refractivity contribution in [2.24, 2.45) is 0 Å². The number of nitrogens with zero attached hydrogens (tertiary/aromatic N) is 4. The van der Waals surface area contributed by atoms with E-state index in [0.29, 0.717) is 22.7 Å². The van der Waals surface area contributed by atoms with Crippen molar-refractivity contribution in [2.75, 3.05) is 36.4 Å². The van der Waals surface area contributed by atoms with Crippen LogP contribution in [0.1, 0.15) is 28.3 Å². The summed E-state index contributed by atoms with van der Waals surface area (Å²) in [6.07, 6.45) is 0. The Hall–Kier alpha value is -4.28. The van der Waals surface area contributed by atoms with E-state index in [-0.39, 0.29) is 0 Å². The molecule has 0 radical (unpaired) electrons. The number of para-hydroxylation sites is 2. The molecule has 0 saturated carbocycles. The zero-order valence-corrected chi connectivity index (χ0v) is 21.2. The Bertz CT molecular complexity index is 1450. The maximum Gasteiger partial charge on any atom is 0.248 e. The molecule has 3 aromatic carbocycles. The number of aryl methyl sites for hydroxylation is 2. The lowest BCUT2D eigenvalue weighted by Gasteiger charge is -2.34. The topological polar surface area (TPSA) is 86.3 Å². The average molecular weight is 492 g/mol. The molecule has 0 spiro atoms. The van der Waals surface area contributed by atoms with Gasteiger partial charge in [0.25, 0.3) is 0 Å². The number of benzene rings is 3. The lowest BCUT2D eigenvalue weighted by Crippen LogP contribution is -3.13. The first-order chi connectivity index (χ1) is 18.0. The number of anilines is 2. The van der Waals surface area contributed by atoms with Gasteiger partial charge in [-0.05, 0) is 49.2 Å². The molecule has 5 rings (SSSR count). The molecule has 0 bridgehead atoms. The van der Waals surface area contributed by atoms with Crippen LogP contribution in [0, 0.1) is 25.2 Å². The summed E-state index contributed by atoms with van der Waals surface area (Å²) >= 11 is 0. The fraction of sp³-hybridized carbons (Fsp3) is 0.267. The van der Waals surface area contributed by atoms with Gasteiger partial charge in [0.05, 0.1) is 43.3 Å². The Kier molecular flexibility index (Phi) is 7.11. The molecule has 37 heavy (non-hydrogen) atoms. The number of quaternary nitrogens is 1. The Balaban J connectivity index is 1.41. The maximum atomic E-state index is 13.3. The number of carbonyl (C=O) groups excluding carboxylic acids is 1. The van der Waals surface area contributed by atoms with Gasteiger partial charge in [0, 0.05) is 11.3 Å². The predicted molar refractivity (Wildman–Crippen MR) is 145 cm³/mol. The Labute approximate surface area is 217 Å². The number of carbonyl (C=O) groups is 1. The minimum Gasteiger partial charge on any atom is -0.344 e. The highest BCUT2D eigenvalue weighted by Gasteiger charge is 2.31. The Morgan fingerprint density at radius 2 is 1.65 bits per heavy atom. The summed E-state index contributed by atoms with van der Waals surface area (Å²) in [5, 5.41) is 13.0. The third-order valence-corrected chi connectivity index (χ3v) is 7.08. The number of aromatic nitrogens is 2. The molecule has 1 aromatic heterocycles. The summed E-state index contributed by atoms with van der Waals surface area (Å²) in [4.78, 5) is 26.7. The van der Waals surface area contributed by atoms with Crippen LogP contribution in [0.5, 0.6) is 0 Å². The molecule has 1 saturated heterocycles. The molecule has 1 aliphatic rings. The van der Waals surface area contributed by atoms with Crippen molar-refractivity contribution in [3.8, 4) is 6.07 Å². The van der Waals surface area contributed by atoms with Gasteiger partial charge in [-0.1, -0.05) is 48.5 Å². The fourth-order valence-electron chi connectivity index (χ4n) is 4.80. The molecule has 1 amide bonds. The van der Waals surface area contributed by atoms with Crippen LogP contribution in [0.15, 0.2) is 72.8 Å². The van der Waals surface area contributed by atoms with Crippen LogP contribution in [0.25, 0.3) is 11.0 Å². The van der Waals surface area contributed by atoms with Crippen LogP contribution in [-0.2, 0) is 11.3 Å². The minimum absolute atomic E-state index is 0.398. The molecule has 4 aromatic rings. The zero-order valence-electron chi connectivity index (χ0n) is 21.2. The van der Waals surface area contributed by atoms with Gasteiger partial charge in [0.2, 0.25) is 5.91 Å². The van der Waals surface area contributed by atoms with Crippen molar-refractivity contribution < 1.29 is 9.69 Å². The Morgan fingerprint density at radius 1 is 0.973 bits per heavy atom. The quantitative estimate of drug-likeness (QED) is 0.432. The number of hydrogen-bond donors (Lipinski definition) is 2. The second-order valence-corrected chi connectivity index (χ2v) is 9.67. The lowest BCUT2D eigenvalue weighted by atomic mass is 10.0. The standard InChI is InChI=1S/C30H30N6O/c1-21-12-13-24(18-22(21)2)32-30(37)25(19-31)28-29(34-27-11-7-6-10-26(27)33-28)36-16-14-35(15-17-36)20-23-8-4-3-5-9-23/h3-13,18,25H,14-17,20H2,1-2H3,(H,32,37)/p+1/t25-/m1/s1. The number of piperazine rings is 1. The molecule has 7 nitrogen and oxygen atoms in total. The smallest absolute Gasteiger partial charge is 0.248 e. The van der Waals surface area contributed by atoms with E-state index >= 15 is 0 Å². The Morgan fingerprint density at radius 3 is 2.32 bits per heavy atom. The van der Waals surface area contributed by atoms with Crippen LogP contribution in [0.2, 0.25) is 0 Å². The molecule has 1 aliphatic heterocycles. The van der Waals surface area contributed by atoms with E-state index in [9.17, 15) is 10.1 Å². The van der Waals surface area contributed by atoms with E-state index < -0.39 is 11.8 Å². The second-order valence-electron chi connectivity index (χ2n) is 9.67. The van der Waals surface area contributed by atoms with Crippen molar-refractivity contribution in [3.05, 3.63) is 95.2 Å². The number of nitriles is 1. The highest BCUT2D eigenvalue weighted by Crippen LogP contribution is 2.28. The van der Waals surface area contributed by atoms with E-state index in [4.69, 9.17) is 9.97 Å². The zero-order chi connectivity index (χ0) is 25.8. The van der Waals surface area contributed by atoms with E-state index in [2.05, 4.69) is 40.6 Å². The van der Waals surface area contributed by atoms with Crippen LogP contribution in [0.4, 0.5) is 11.5 Å². The first-order valence-corrected chi connectivity index (χ1v) is 12.7. The summed E-state index contributed by atoms with van der Waals surface area (Å²) in [5.74, 6) is -0.854. The van der Waals surface area contributed by atoms with E-state index in [1.807, 2.05) is 62.4 Å². The van der Waals surface area contributed by atoms with Gasteiger partial charge < -0.3 is 15.1 Å². The third-order valence-electron chi connectivity index (χ3n) is 7.08. The molecule has 2 N–H and O–H groups in total. The van der Waals surface area contributed by atoms with E-state index in [0.717, 1.165) is 49.4 Å². The van der Waals surface area contributed by atoms with Crippen molar-refractivity contribution in [1.82, 2.24) is 9.97 Å². The van der Waals surface area contributed by atoms with E-state index in [1.54, 1.807) is 0 Å². The second kappa shape index (κ2) is 10.8. The fourth-order valence-corrected chi connectivity index (χ4v) is 4.80. The van der Waals surface area contributed by atoms with Gasteiger partial charge in [-0.25, -0.2) is 9.97 Å². The number of rotatable bonds is 6. The number of hydrogen-bond acceptors (Lipinski definition) is 5. The molecule has 1 atom stereocenters. The number of fused-ring (bicyclic) bond motifs is 1. The van der Waals surface area contributed by atoms with Gasteiger partial charge in [0.1, 0.15) is 12.2 Å². The summed E-state index contributed by atoms with van der Waals surface area (Å²) in [6.45, 7) is 8.43. The molecule has 7 heteroatoms. The van der Waals surface area contributed by atoms with Crippen molar-refractivity contribution in [2.45, 2.75) is 26.3 Å². The first-order valence-electron chi connectivity index (χ1n) is 12.7. The summed E-state index contributed by atoms with van der Waals surface area (Å²) in [6, 6.07) is 26.1. The van der Waals surface area contributed by atoms with Crippen molar-refractivity contribution in [3.63, 3.8) is 0 Å². The largest absolute Gasteiger partial charge is 0.344 e. The van der Waals surface area contributed by atoms with Gasteiger partial charge in [-0.15, -0.1) is 0 Å². The highest BCUT2D eigenvalue weighted by atomic mass is 16.1. The summed E-state index contributed by atoms with van der Waals surface area (Å²) < 4.78 is 0. The molecule has 0 unspecified atom stereocenters. The van der Waals surface area contributed by atoms with Crippen LogP contribution >= 0.6 is 0 Å². The van der Waals surface area contributed by atoms with Gasteiger partial charge >= 0.3 is 0 Å². The van der Waals surface area contributed by atoms with Crippen LogP contribution < -0.4 is 15.1 Å². The molecule has 1 fully saturated rings.